The molecule has 0 radical (unpaired) electrons. The van der Waals surface area contributed by atoms with Crippen molar-refractivity contribution in [2.45, 2.75) is 129 Å². The Morgan fingerprint density at radius 1 is 0.706 bits per heavy atom. The van der Waals surface area contributed by atoms with Crippen molar-refractivity contribution in [3.05, 3.63) is 12.2 Å². The van der Waals surface area contributed by atoms with E-state index in [9.17, 15) is 9.59 Å². The van der Waals surface area contributed by atoms with Crippen LogP contribution in [0.25, 0.3) is 0 Å². The lowest BCUT2D eigenvalue weighted by Crippen LogP contribution is -2.45. The van der Waals surface area contributed by atoms with Crippen LogP contribution in [0.5, 0.6) is 0 Å². The summed E-state index contributed by atoms with van der Waals surface area (Å²) in [6, 6.07) is 0. The lowest BCUT2D eigenvalue weighted by atomic mass is 10.1. The molecule has 0 heterocycles. The van der Waals surface area contributed by atoms with Crippen LogP contribution in [-0.2, 0) is 9.59 Å². The van der Waals surface area contributed by atoms with Gasteiger partial charge in [-0.2, -0.15) is 0 Å². The normalized spacial score (nSPS) is 11.9. The van der Waals surface area contributed by atoms with Gasteiger partial charge in [0.05, 0.1) is 20.6 Å². The molecular formula is C29H57N2O3+. The molecule has 0 aromatic heterocycles. The summed E-state index contributed by atoms with van der Waals surface area (Å²) >= 11 is 0. The fourth-order valence-corrected chi connectivity index (χ4v) is 4.33. The van der Waals surface area contributed by atoms with Gasteiger partial charge in [-0.15, -0.1) is 0 Å². The first-order chi connectivity index (χ1) is 16.4. The van der Waals surface area contributed by atoms with E-state index in [1.165, 1.54) is 96.3 Å². The number of carboxylic acid groups (broad SMARTS) is 1. The number of carbonyl (C=O) groups is 2. The summed E-state index contributed by atoms with van der Waals surface area (Å²) in [6.45, 7) is 3.77. The average Bonchev–Trinajstić information content (AvgIpc) is 2.77. The fraction of sp³-hybridized carbons (Fsp3) is 0.862. The Kier molecular flexibility index (Phi) is 22.4. The predicted octanol–water partition coefficient (Wildman–Crippen LogP) is 7.25. The molecule has 1 amide bonds. The van der Waals surface area contributed by atoms with Gasteiger partial charge in [-0.3, -0.25) is 4.79 Å². The number of hydrogen-bond acceptors (Lipinski definition) is 2. The van der Waals surface area contributed by atoms with Crippen molar-refractivity contribution in [3.8, 4) is 0 Å². The average molecular weight is 482 g/mol. The molecule has 0 atom stereocenters. The smallest absolute Gasteiger partial charge is 0.359 e. The number of nitrogens with one attached hydrogen (secondary N) is 1. The monoisotopic (exact) mass is 481 g/mol. The van der Waals surface area contributed by atoms with Crippen LogP contribution in [0.4, 0.5) is 0 Å². The number of aliphatic carboxylic acids is 1. The molecule has 0 fully saturated rings. The van der Waals surface area contributed by atoms with Gasteiger partial charge in [0.15, 0.2) is 6.54 Å². The van der Waals surface area contributed by atoms with Gasteiger partial charge in [-0.1, -0.05) is 96.1 Å². The zero-order chi connectivity index (χ0) is 25.3. The molecule has 0 aliphatic carbocycles. The van der Waals surface area contributed by atoms with Gasteiger partial charge < -0.3 is 14.9 Å². The Hall–Kier alpha value is -1.36. The number of allylic oxidation sites excluding steroid dienone is 2. The molecule has 0 aromatic rings. The third kappa shape index (κ3) is 25.3. The molecule has 0 rings (SSSR count). The minimum absolute atomic E-state index is 0.116. The minimum Gasteiger partial charge on any atom is -0.477 e. The summed E-state index contributed by atoms with van der Waals surface area (Å²) in [6.07, 6.45) is 28.4. The van der Waals surface area contributed by atoms with Crippen LogP contribution in [-0.4, -0.2) is 55.2 Å². The molecule has 2 N–H and O–H groups in total. The second-order valence-corrected chi connectivity index (χ2v) is 10.7. The maximum atomic E-state index is 11.9. The molecule has 200 valence electrons. The van der Waals surface area contributed by atoms with E-state index in [4.69, 9.17) is 5.11 Å². The quantitative estimate of drug-likeness (QED) is 0.0819. The zero-order valence-corrected chi connectivity index (χ0v) is 22.9. The maximum absolute atomic E-state index is 11.9. The lowest BCUT2D eigenvalue weighted by Gasteiger charge is -2.27. The second-order valence-electron chi connectivity index (χ2n) is 10.7. The van der Waals surface area contributed by atoms with E-state index in [0.29, 0.717) is 17.4 Å². The maximum Gasteiger partial charge on any atom is 0.359 e. The molecule has 0 bridgehead atoms. The van der Waals surface area contributed by atoms with E-state index < -0.39 is 5.97 Å². The van der Waals surface area contributed by atoms with Crippen LogP contribution >= 0.6 is 0 Å². The Labute approximate surface area is 211 Å². The van der Waals surface area contributed by atoms with Crippen LogP contribution < -0.4 is 5.32 Å². The standard InChI is InChI=1S/C29H56N2O3/c1-4-5-6-7-8-9-10-11-12-13-14-15-16-17-18-19-20-21-22-24-28(32)30-25-23-26-31(2,3)27-29(33)34/h11-12H,4-10,13-27H2,1-3H3,(H-,30,32,33,34)/p+1. The van der Waals surface area contributed by atoms with E-state index in [2.05, 4.69) is 24.4 Å². The Morgan fingerprint density at radius 2 is 1.18 bits per heavy atom. The van der Waals surface area contributed by atoms with Gasteiger partial charge in [0.1, 0.15) is 0 Å². The third-order valence-electron chi connectivity index (χ3n) is 6.49. The van der Waals surface area contributed by atoms with Gasteiger partial charge in [0, 0.05) is 19.4 Å². The summed E-state index contributed by atoms with van der Waals surface area (Å²) in [5.74, 6) is -0.652. The molecular weight excluding hydrogens is 424 g/mol. The minimum atomic E-state index is -0.782. The highest BCUT2D eigenvalue weighted by Crippen LogP contribution is 2.12. The van der Waals surface area contributed by atoms with Gasteiger partial charge in [0.25, 0.3) is 0 Å². The number of unbranched alkanes of at least 4 members (excludes halogenated alkanes) is 15. The largest absolute Gasteiger partial charge is 0.477 e. The molecule has 5 heteroatoms. The summed E-state index contributed by atoms with van der Waals surface area (Å²) in [5, 5.41) is 11.9. The Bertz CT molecular complexity index is 518. The van der Waals surface area contributed by atoms with Crippen molar-refractivity contribution >= 4 is 11.9 Å². The van der Waals surface area contributed by atoms with E-state index in [0.717, 1.165) is 25.8 Å². The van der Waals surface area contributed by atoms with Crippen molar-refractivity contribution in [1.29, 1.82) is 0 Å². The highest BCUT2D eigenvalue weighted by Gasteiger charge is 2.18. The van der Waals surface area contributed by atoms with Crippen LogP contribution in [0, 0.1) is 0 Å². The molecule has 5 nitrogen and oxygen atoms in total. The van der Waals surface area contributed by atoms with Gasteiger partial charge >= 0.3 is 5.97 Å². The molecule has 0 aromatic carbocycles. The van der Waals surface area contributed by atoms with E-state index in [1.807, 2.05) is 14.1 Å². The van der Waals surface area contributed by atoms with Gasteiger partial charge in [-0.25, -0.2) is 4.79 Å². The first kappa shape index (κ1) is 32.6. The number of carbonyl (C=O) groups excluding carboxylic acids is 1. The van der Waals surface area contributed by atoms with E-state index in [1.54, 1.807) is 0 Å². The first-order valence-electron chi connectivity index (χ1n) is 14.3. The third-order valence-corrected chi connectivity index (χ3v) is 6.49. The molecule has 0 unspecified atom stereocenters. The predicted molar refractivity (Wildman–Crippen MR) is 145 cm³/mol. The molecule has 0 saturated heterocycles. The number of likely N-dealkylation sites (N-methyl/N-ethyl adjacent to an activating group) is 1. The summed E-state index contributed by atoms with van der Waals surface area (Å²) in [4.78, 5) is 22.7. The number of carboxylic acids is 1. The van der Waals surface area contributed by atoms with Crippen molar-refractivity contribution < 1.29 is 19.2 Å². The Morgan fingerprint density at radius 3 is 1.68 bits per heavy atom. The number of amides is 1. The Balaban J connectivity index is 3.32. The van der Waals surface area contributed by atoms with Gasteiger partial charge in [-0.05, 0) is 32.1 Å². The lowest BCUT2D eigenvalue weighted by molar-refractivity contribution is -0.883. The molecule has 0 spiro atoms. The summed E-state index contributed by atoms with van der Waals surface area (Å²) < 4.78 is 0.446. The second kappa shape index (κ2) is 23.4. The highest BCUT2D eigenvalue weighted by atomic mass is 16.4. The van der Waals surface area contributed by atoms with Crippen LogP contribution in [0.1, 0.15) is 129 Å². The van der Waals surface area contributed by atoms with Crippen molar-refractivity contribution in [2.75, 3.05) is 33.7 Å². The van der Waals surface area contributed by atoms with E-state index in [-0.39, 0.29) is 12.5 Å². The topological polar surface area (TPSA) is 66.4 Å². The molecule has 0 aliphatic rings. The molecule has 0 aliphatic heterocycles. The number of rotatable bonds is 25. The molecule has 0 saturated carbocycles. The van der Waals surface area contributed by atoms with Gasteiger partial charge in [0.2, 0.25) is 5.91 Å². The molecule has 34 heavy (non-hydrogen) atoms. The SMILES string of the molecule is CCCCCCCCC=CCCCCCCCCCCCC(=O)NCCC[N+](C)(C)CC(=O)O. The van der Waals surface area contributed by atoms with Crippen LogP contribution in [0.2, 0.25) is 0 Å². The first-order valence-corrected chi connectivity index (χ1v) is 14.3. The number of quaternary nitrogens is 1. The summed E-state index contributed by atoms with van der Waals surface area (Å²) in [7, 11) is 3.82. The van der Waals surface area contributed by atoms with E-state index >= 15 is 0 Å². The summed E-state index contributed by atoms with van der Waals surface area (Å²) in [5.41, 5.74) is 0. The van der Waals surface area contributed by atoms with Crippen molar-refractivity contribution in [3.63, 3.8) is 0 Å². The van der Waals surface area contributed by atoms with Crippen LogP contribution in [0.3, 0.4) is 0 Å². The highest BCUT2D eigenvalue weighted by molar-refractivity contribution is 5.75. The van der Waals surface area contributed by atoms with Crippen LogP contribution in [0.15, 0.2) is 12.2 Å². The fourth-order valence-electron chi connectivity index (χ4n) is 4.33. The zero-order valence-electron chi connectivity index (χ0n) is 22.9. The van der Waals surface area contributed by atoms with Crippen molar-refractivity contribution in [2.24, 2.45) is 0 Å². The number of nitrogens with zero attached hydrogens (tertiary/aromatic N) is 1. The van der Waals surface area contributed by atoms with Crippen molar-refractivity contribution in [1.82, 2.24) is 5.32 Å². The number of hydrogen-bond donors (Lipinski definition) is 2.